The van der Waals surface area contributed by atoms with E-state index in [-0.39, 0.29) is 30.4 Å². The molecule has 6 heterocycles. The molecule has 1 unspecified atom stereocenters. The van der Waals surface area contributed by atoms with Crippen molar-refractivity contribution in [3.8, 4) is 11.6 Å². The lowest BCUT2D eigenvalue weighted by molar-refractivity contribution is -0.146. The highest BCUT2D eigenvalue weighted by atomic mass is 16.7. The van der Waals surface area contributed by atoms with Crippen LogP contribution in [0.25, 0.3) is 11.2 Å². The molecule has 1 aliphatic carbocycles. The first-order valence-electron chi connectivity index (χ1n) is 25.5. The normalized spacial score (nSPS) is 15.9. The van der Waals surface area contributed by atoms with Crippen LogP contribution in [0.5, 0.6) is 11.6 Å². The summed E-state index contributed by atoms with van der Waals surface area (Å²) < 4.78 is 37.0. The monoisotopic (exact) mass is 1050 g/mol. The molecule has 2 fully saturated rings. The number of aromatic nitrogens is 8. The molecular formula is C50H70N16O10. The fraction of sp³-hybridized carbons (Fsp3) is 0.540. The van der Waals surface area contributed by atoms with Crippen molar-refractivity contribution in [1.82, 2.24) is 55.0 Å². The molecule has 5 aromatic rings. The molecule has 0 spiro atoms. The van der Waals surface area contributed by atoms with Gasteiger partial charge >= 0.3 is 5.97 Å². The van der Waals surface area contributed by atoms with E-state index >= 15 is 0 Å². The Morgan fingerprint density at radius 1 is 0.868 bits per heavy atom. The summed E-state index contributed by atoms with van der Waals surface area (Å²) in [6.45, 7) is 6.31. The van der Waals surface area contributed by atoms with Gasteiger partial charge in [0.15, 0.2) is 22.8 Å². The van der Waals surface area contributed by atoms with Crippen LogP contribution in [0.4, 0.5) is 40.6 Å². The standard InChI is InChI=1S/C50H70N16O10/c1-61(17-9-12-42(68)76-60-35-15-18-65(30-35)50-56-44(43-46(58-50)62(2)33-53-43)54-38-31-63(3)59-48(38)71-6)19-21-73-23-25-75-27-26-74-24-22-72-20-16-51-47(69)34-13-14-37(40(28-34)70-5)55-49-52-29-39-45(57-49)66(32-41(67)64(39)4)36-10-7-8-11-36/h9,12-14,28-29,31,33,35-36,60H,7-8,10-11,15-27,30,32H2,1-6H3,(H,51,69)(H,52,55,57)(H,54,56,58)/b12-9+. The Labute approximate surface area is 441 Å². The van der Waals surface area contributed by atoms with E-state index in [2.05, 4.69) is 41.4 Å². The van der Waals surface area contributed by atoms with Crippen LogP contribution in [0.15, 0.2) is 49.1 Å². The Balaban J connectivity index is 0.619. The second kappa shape index (κ2) is 27.0. The summed E-state index contributed by atoms with van der Waals surface area (Å²) in [5, 5.41) is 13.7. The van der Waals surface area contributed by atoms with Crippen LogP contribution in [0, 0.1) is 0 Å². The lowest BCUT2D eigenvalue weighted by atomic mass is 10.1. The second-order valence-corrected chi connectivity index (χ2v) is 18.6. The van der Waals surface area contributed by atoms with Crippen molar-refractivity contribution in [1.29, 1.82) is 0 Å². The third kappa shape index (κ3) is 14.6. The zero-order valence-corrected chi connectivity index (χ0v) is 44.2. The van der Waals surface area contributed by atoms with Gasteiger partial charge in [0.2, 0.25) is 17.8 Å². The number of fused-ring (bicyclic) bond motifs is 2. The second-order valence-electron chi connectivity index (χ2n) is 18.6. The van der Waals surface area contributed by atoms with Gasteiger partial charge in [0, 0.05) is 71.5 Å². The molecule has 4 aromatic heterocycles. The molecule has 2 aliphatic heterocycles. The smallest absolute Gasteiger partial charge is 0.349 e. The zero-order valence-electron chi connectivity index (χ0n) is 44.2. The van der Waals surface area contributed by atoms with E-state index in [0.29, 0.717) is 149 Å². The number of ether oxygens (including phenoxy) is 6. The number of nitrogens with one attached hydrogen (secondary N) is 4. The lowest BCUT2D eigenvalue weighted by Crippen LogP contribution is -2.48. The fourth-order valence-electron chi connectivity index (χ4n) is 8.92. The number of benzene rings is 1. The highest BCUT2D eigenvalue weighted by molar-refractivity contribution is 6.02. The average Bonchev–Trinajstić information content (AvgIpc) is 4.27. The molecule has 0 radical (unpaired) electrons. The first-order chi connectivity index (χ1) is 37.0. The summed E-state index contributed by atoms with van der Waals surface area (Å²) in [5.74, 6) is 2.30. The largest absolute Gasteiger partial charge is 0.495 e. The maximum absolute atomic E-state index is 12.9. The average molecular weight is 1060 g/mol. The third-order valence-electron chi connectivity index (χ3n) is 13.1. The van der Waals surface area contributed by atoms with Crippen molar-refractivity contribution in [3.63, 3.8) is 0 Å². The quantitative estimate of drug-likeness (QED) is 0.0305. The third-order valence-corrected chi connectivity index (χ3v) is 13.1. The molecule has 1 saturated carbocycles. The number of likely N-dealkylation sites (N-methyl/N-ethyl adjacent to an activating group) is 2. The number of nitrogens with zero attached hydrogens (tertiary/aromatic N) is 12. The van der Waals surface area contributed by atoms with Gasteiger partial charge in [-0.3, -0.25) is 14.3 Å². The molecule has 1 saturated heterocycles. The van der Waals surface area contributed by atoms with Crippen molar-refractivity contribution in [3.05, 3.63) is 54.6 Å². The predicted octanol–water partition coefficient (Wildman–Crippen LogP) is 2.73. The number of hydrogen-bond acceptors (Lipinski definition) is 22. The minimum Gasteiger partial charge on any atom is -0.495 e. The molecule has 0 bridgehead atoms. The molecule has 4 N–H and O–H groups in total. The molecule has 8 rings (SSSR count). The van der Waals surface area contributed by atoms with E-state index in [1.165, 1.54) is 13.2 Å². The molecule has 1 atom stereocenters. The first-order valence-corrected chi connectivity index (χ1v) is 25.5. The van der Waals surface area contributed by atoms with Crippen LogP contribution in [0.2, 0.25) is 0 Å². The fourth-order valence-corrected chi connectivity index (χ4v) is 8.92. The summed E-state index contributed by atoms with van der Waals surface area (Å²) in [7, 11) is 10.5. The van der Waals surface area contributed by atoms with Gasteiger partial charge in [-0.05, 0) is 44.5 Å². The molecular weight excluding hydrogens is 985 g/mol. The molecule has 2 amide bonds. The summed E-state index contributed by atoms with van der Waals surface area (Å²) in [4.78, 5) is 74.6. The Kier molecular flexibility index (Phi) is 19.5. The Morgan fingerprint density at radius 2 is 1.62 bits per heavy atom. The van der Waals surface area contributed by atoms with Gasteiger partial charge in [0.1, 0.15) is 17.1 Å². The van der Waals surface area contributed by atoms with Gasteiger partial charge in [-0.2, -0.15) is 15.0 Å². The van der Waals surface area contributed by atoms with Crippen LogP contribution in [-0.2, 0) is 47.5 Å². The predicted molar refractivity (Wildman–Crippen MR) is 283 cm³/mol. The zero-order chi connectivity index (χ0) is 53.4. The Bertz CT molecular complexity index is 2770. The summed E-state index contributed by atoms with van der Waals surface area (Å²) in [6.07, 6.45) is 13.4. The van der Waals surface area contributed by atoms with Crippen molar-refractivity contribution < 1.29 is 47.6 Å². The van der Waals surface area contributed by atoms with E-state index in [1.54, 1.807) is 66.7 Å². The number of methoxy groups -OCH3 is 2. The Hall–Kier alpha value is -7.23. The molecule has 26 nitrogen and oxygen atoms in total. The topological polar surface area (TPSA) is 264 Å². The van der Waals surface area contributed by atoms with E-state index in [0.717, 1.165) is 37.9 Å². The summed E-state index contributed by atoms with van der Waals surface area (Å²) in [5.41, 5.74) is 6.55. The lowest BCUT2D eigenvalue weighted by Gasteiger charge is -2.37. The van der Waals surface area contributed by atoms with Crippen molar-refractivity contribution in [2.75, 3.05) is 146 Å². The van der Waals surface area contributed by atoms with Crippen molar-refractivity contribution in [2.24, 2.45) is 14.1 Å². The van der Waals surface area contributed by atoms with Crippen molar-refractivity contribution >= 4 is 69.5 Å². The van der Waals surface area contributed by atoms with E-state index in [4.69, 9.17) is 48.2 Å². The number of anilines is 7. The highest BCUT2D eigenvalue weighted by Crippen LogP contribution is 2.38. The van der Waals surface area contributed by atoms with Gasteiger partial charge in [0.05, 0.1) is 104 Å². The van der Waals surface area contributed by atoms with E-state index in [9.17, 15) is 14.4 Å². The minimum atomic E-state index is -0.488. The number of aryl methyl sites for hydroxylation is 2. The molecule has 410 valence electrons. The van der Waals surface area contributed by atoms with Crippen LogP contribution in [-0.4, -0.2) is 194 Å². The maximum Gasteiger partial charge on any atom is 0.349 e. The van der Waals surface area contributed by atoms with Crippen LogP contribution in [0.1, 0.15) is 42.5 Å². The van der Waals surface area contributed by atoms with Gasteiger partial charge in [-0.25, -0.2) is 14.8 Å². The molecule has 1 aromatic carbocycles. The van der Waals surface area contributed by atoms with Crippen molar-refractivity contribution in [2.45, 2.75) is 44.2 Å². The number of amides is 2. The number of carbonyl (C=O) groups is 3. The van der Waals surface area contributed by atoms with Gasteiger partial charge in [0.25, 0.3) is 11.8 Å². The highest BCUT2D eigenvalue weighted by Gasteiger charge is 2.35. The first kappa shape index (κ1) is 55.0. The van der Waals surface area contributed by atoms with Crippen LogP contribution in [0.3, 0.4) is 0 Å². The number of rotatable bonds is 29. The van der Waals surface area contributed by atoms with Gasteiger partial charge < -0.3 is 73.4 Å². The van der Waals surface area contributed by atoms with Gasteiger partial charge in [-0.1, -0.05) is 18.9 Å². The Morgan fingerprint density at radius 3 is 2.37 bits per heavy atom. The molecule has 76 heavy (non-hydrogen) atoms. The SMILES string of the molecule is COc1cc(C(=O)NCCOCCOCCOCCOCCN(C)C/C=C/C(=O)ONC2CCN(c3nc(Nc4cn(C)nc4OC)c4ncn(C)c4n3)C2)ccc1Nc1ncc2c(n1)N(C1CCCC1)CC(=O)N2C. The summed E-state index contributed by atoms with van der Waals surface area (Å²) >= 11 is 0. The molecule has 3 aliphatic rings. The number of hydroxylamine groups is 1. The number of hydrogen-bond donors (Lipinski definition) is 4. The van der Waals surface area contributed by atoms with Crippen LogP contribution < -0.4 is 45.6 Å². The minimum absolute atomic E-state index is 0.0196. The van der Waals surface area contributed by atoms with Gasteiger partial charge in [-0.15, -0.1) is 10.6 Å². The van der Waals surface area contributed by atoms with Crippen LogP contribution >= 0.6 is 0 Å². The van der Waals surface area contributed by atoms with E-state index in [1.807, 2.05) is 35.5 Å². The number of imidazole rings is 1. The number of carbonyl (C=O) groups excluding carboxylic acids is 3. The molecule has 26 heteroatoms. The maximum atomic E-state index is 12.9. The summed E-state index contributed by atoms with van der Waals surface area (Å²) in [6, 6.07) is 5.27. The van der Waals surface area contributed by atoms with E-state index < -0.39 is 5.97 Å².